The zero-order valence-electron chi connectivity index (χ0n) is 44.0. The first-order chi connectivity index (χ1) is 32.2. The fraction of sp³-hybridized carbons (Fsp3) is 0.889. The van der Waals surface area contributed by atoms with E-state index < -0.39 is 29.3 Å². The Bertz CT molecular complexity index is 1220. The second-order valence-electron chi connectivity index (χ2n) is 19.4. The van der Waals surface area contributed by atoms with E-state index in [-0.39, 0.29) is 82.8 Å². The molecule has 0 aromatic heterocycles. The van der Waals surface area contributed by atoms with Crippen molar-refractivity contribution in [2.75, 3.05) is 46.2 Å². The van der Waals surface area contributed by atoms with Gasteiger partial charge in [-0.15, -0.1) is 0 Å². The minimum Gasteiger partial charge on any atom is -0.466 e. The molecular weight excluding hydrogens is 855 g/mol. The van der Waals surface area contributed by atoms with Crippen LogP contribution in [0, 0.1) is 11.3 Å². The Hall–Kier alpha value is -3.22. The number of rotatable bonds is 46. The van der Waals surface area contributed by atoms with Gasteiger partial charge in [0.15, 0.2) is 0 Å². The number of hydrogen-bond acceptors (Lipinski definition) is 13. The van der Waals surface area contributed by atoms with E-state index in [1.165, 1.54) is 12.8 Å². The molecule has 0 heterocycles. The molecule has 0 atom stereocenters. The number of unbranched alkanes of at least 4 members (excludes halogenated alkanes) is 14. The summed E-state index contributed by atoms with van der Waals surface area (Å²) in [7, 11) is 0. The molecule has 0 N–H and O–H groups in total. The molecule has 0 spiro atoms. The lowest BCUT2D eigenvalue weighted by Crippen LogP contribution is -2.44. The molecule has 0 unspecified atom stereocenters. The number of ether oxygens (including phenoxy) is 6. The van der Waals surface area contributed by atoms with Gasteiger partial charge in [0.1, 0.15) is 31.8 Å². The Morgan fingerprint density at radius 2 is 0.687 bits per heavy atom. The van der Waals surface area contributed by atoms with Crippen LogP contribution < -0.4 is 0 Å². The number of nitrogens with zero attached hydrogens (tertiary/aromatic N) is 1. The molecule has 0 amide bonds. The zero-order valence-corrected chi connectivity index (χ0v) is 44.0. The normalized spacial score (nSPS) is 11.6. The topological polar surface area (TPSA) is 161 Å². The van der Waals surface area contributed by atoms with Crippen LogP contribution >= 0.6 is 0 Å². The smallest absolute Gasteiger partial charge is 0.306 e. The molecule has 0 rings (SSSR count). The van der Waals surface area contributed by atoms with Crippen molar-refractivity contribution in [3.05, 3.63) is 0 Å². The van der Waals surface area contributed by atoms with Crippen molar-refractivity contribution in [1.82, 2.24) is 4.90 Å². The Morgan fingerprint density at radius 3 is 1.04 bits per heavy atom. The fourth-order valence-corrected chi connectivity index (χ4v) is 7.93. The zero-order chi connectivity index (χ0) is 50.0. The Morgan fingerprint density at radius 1 is 0.373 bits per heavy atom. The molecular formula is C54H99NO12. The first-order valence-electron chi connectivity index (χ1n) is 26.9. The molecule has 0 aromatic carbocycles. The van der Waals surface area contributed by atoms with Gasteiger partial charge in [-0.25, -0.2) is 0 Å². The summed E-state index contributed by atoms with van der Waals surface area (Å²) in [6.45, 7) is 17.3. The molecule has 0 aromatic rings. The van der Waals surface area contributed by atoms with Gasteiger partial charge in [0.2, 0.25) is 0 Å². The first kappa shape index (κ1) is 63.8. The van der Waals surface area contributed by atoms with Crippen molar-refractivity contribution in [3.8, 4) is 0 Å². The molecule has 13 nitrogen and oxygen atoms in total. The van der Waals surface area contributed by atoms with Crippen LogP contribution in [0.2, 0.25) is 0 Å². The minimum absolute atomic E-state index is 0.0282. The molecule has 0 radical (unpaired) electrons. The minimum atomic E-state index is -1.39. The third-order valence-electron chi connectivity index (χ3n) is 12.2. The highest BCUT2D eigenvalue weighted by Crippen LogP contribution is 2.26. The average molecular weight is 954 g/mol. The van der Waals surface area contributed by atoms with Gasteiger partial charge in [-0.3, -0.25) is 33.7 Å². The lowest BCUT2D eigenvalue weighted by molar-refractivity contribution is -0.171. The Balaban J connectivity index is 5.99. The van der Waals surface area contributed by atoms with Crippen LogP contribution in [0.3, 0.4) is 0 Å². The maximum absolute atomic E-state index is 13.6. The van der Waals surface area contributed by atoms with Gasteiger partial charge in [0.25, 0.3) is 0 Å². The SMILES string of the molecule is CCCCCCCOC(=O)CCCCC(=O)OCC(COC(=O)CCCCC(=O)OCCCCCCC)(COC(=O)CCCN(C(C)C)C(C)C)COC(=O)CC(CCCCC)CCCCC. The van der Waals surface area contributed by atoms with Gasteiger partial charge >= 0.3 is 35.8 Å². The van der Waals surface area contributed by atoms with Crippen molar-refractivity contribution in [1.29, 1.82) is 0 Å². The largest absolute Gasteiger partial charge is 0.466 e. The second kappa shape index (κ2) is 42.8. The predicted octanol–water partition coefficient (Wildman–Crippen LogP) is 12.4. The summed E-state index contributed by atoms with van der Waals surface area (Å²) < 4.78 is 34.1. The van der Waals surface area contributed by atoms with Crippen LogP contribution in [0.1, 0.15) is 242 Å². The molecule has 67 heavy (non-hydrogen) atoms. The summed E-state index contributed by atoms with van der Waals surface area (Å²) in [5, 5.41) is 0. The van der Waals surface area contributed by atoms with Crippen molar-refractivity contribution >= 4 is 35.8 Å². The van der Waals surface area contributed by atoms with Crippen molar-refractivity contribution < 1.29 is 57.2 Å². The van der Waals surface area contributed by atoms with E-state index in [4.69, 9.17) is 28.4 Å². The lowest BCUT2D eigenvalue weighted by Gasteiger charge is -2.32. The fourth-order valence-electron chi connectivity index (χ4n) is 7.93. The number of carbonyl (C=O) groups is 6. The van der Waals surface area contributed by atoms with Gasteiger partial charge in [0, 0.05) is 50.6 Å². The highest BCUT2D eigenvalue weighted by atomic mass is 16.6. The highest BCUT2D eigenvalue weighted by molar-refractivity contribution is 5.72. The maximum Gasteiger partial charge on any atom is 0.306 e. The third kappa shape index (κ3) is 37.4. The molecule has 0 aliphatic heterocycles. The van der Waals surface area contributed by atoms with Crippen molar-refractivity contribution in [2.24, 2.45) is 11.3 Å². The van der Waals surface area contributed by atoms with Gasteiger partial charge < -0.3 is 28.4 Å². The lowest BCUT2D eigenvalue weighted by atomic mass is 9.91. The Labute approximate surface area is 407 Å². The predicted molar refractivity (Wildman–Crippen MR) is 265 cm³/mol. The van der Waals surface area contributed by atoms with E-state index in [9.17, 15) is 28.8 Å². The number of esters is 6. The van der Waals surface area contributed by atoms with Crippen LogP contribution in [-0.2, 0) is 57.2 Å². The summed E-state index contributed by atoms with van der Waals surface area (Å²) in [5.74, 6) is -2.38. The molecule has 0 aliphatic carbocycles. The van der Waals surface area contributed by atoms with E-state index in [0.29, 0.717) is 63.9 Å². The van der Waals surface area contributed by atoms with E-state index in [2.05, 4.69) is 60.3 Å². The first-order valence-corrected chi connectivity index (χ1v) is 26.9. The van der Waals surface area contributed by atoms with Crippen LogP contribution in [0.25, 0.3) is 0 Å². The molecule has 0 fully saturated rings. The number of carbonyl (C=O) groups excluding carboxylic acids is 6. The molecule has 0 aliphatic rings. The molecule has 0 saturated carbocycles. The van der Waals surface area contributed by atoms with Crippen LogP contribution in [0.15, 0.2) is 0 Å². The summed E-state index contributed by atoms with van der Waals surface area (Å²) in [6.07, 6.45) is 21.9. The van der Waals surface area contributed by atoms with Crippen LogP contribution in [0.4, 0.5) is 0 Å². The van der Waals surface area contributed by atoms with Gasteiger partial charge in [-0.2, -0.15) is 0 Å². The molecule has 0 saturated heterocycles. The monoisotopic (exact) mass is 954 g/mol. The quantitative estimate of drug-likeness (QED) is 0.0322. The second-order valence-corrected chi connectivity index (χ2v) is 19.4. The molecule has 0 bridgehead atoms. The van der Waals surface area contributed by atoms with E-state index >= 15 is 0 Å². The van der Waals surface area contributed by atoms with E-state index in [0.717, 1.165) is 103 Å². The van der Waals surface area contributed by atoms with E-state index in [1.54, 1.807) is 0 Å². The van der Waals surface area contributed by atoms with Crippen LogP contribution in [-0.4, -0.2) is 99.0 Å². The van der Waals surface area contributed by atoms with Crippen LogP contribution in [0.5, 0.6) is 0 Å². The molecule has 392 valence electrons. The van der Waals surface area contributed by atoms with Gasteiger partial charge in [-0.05, 0) is 97.9 Å². The summed E-state index contributed by atoms with van der Waals surface area (Å²) in [6, 6.07) is 0.608. The summed E-state index contributed by atoms with van der Waals surface area (Å²) >= 11 is 0. The van der Waals surface area contributed by atoms with Gasteiger partial charge in [-0.1, -0.05) is 118 Å². The highest BCUT2D eigenvalue weighted by Gasteiger charge is 2.38. The molecule has 13 heteroatoms. The standard InChI is InChI=1S/C54H99NO12/c1-9-13-17-19-27-38-62-48(56)32-23-25-34-50(58)64-41-54(43-66-52(60)36-29-37-55(45(5)6)46(7)8,44-67-53(61)40-47(30-21-15-11-3)31-22-16-12-4)42-65-51(59)35-26-24-33-49(57)63-39-28-20-18-14-10-2/h45-47H,9-44H2,1-8H3. The summed E-state index contributed by atoms with van der Waals surface area (Å²) in [4.78, 5) is 80.1. The third-order valence-corrected chi connectivity index (χ3v) is 12.2. The Kier molecular flexibility index (Phi) is 40.8. The number of hydrogen-bond donors (Lipinski definition) is 0. The van der Waals surface area contributed by atoms with Crippen molar-refractivity contribution in [2.45, 2.75) is 254 Å². The van der Waals surface area contributed by atoms with Gasteiger partial charge in [0.05, 0.1) is 13.2 Å². The summed E-state index contributed by atoms with van der Waals surface area (Å²) in [5.41, 5.74) is -1.39. The van der Waals surface area contributed by atoms with Crippen molar-refractivity contribution in [3.63, 3.8) is 0 Å². The maximum atomic E-state index is 13.6. The van der Waals surface area contributed by atoms with E-state index in [1.807, 2.05) is 0 Å². The average Bonchev–Trinajstić information content (AvgIpc) is 3.29.